The number of hydrogen-bond acceptors (Lipinski definition) is 3. The Morgan fingerprint density at radius 3 is 2.61 bits per heavy atom. The minimum Gasteiger partial charge on any atom is -0.481 e. The molecular formula is C13H24N2O3. The van der Waals surface area contributed by atoms with Crippen LogP contribution in [0.4, 0.5) is 0 Å². The number of carboxylic acids is 1. The lowest BCUT2D eigenvalue weighted by molar-refractivity contribution is -0.143. The molecule has 0 aromatic rings. The molecule has 1 heterocycles. The standard InChI is InChI=1S/C13H24N2O3/c1-9(5-7-14)3-4-12(16)15-8-6-11(10(15)2)13(17)18/h9-11H,3-8,14H2,1-2H3,(H,17,18). The number of carboxylic acid groups (broad SMARTS) is 1. The predicted molar refractivity (Wildman–Crippen MR) is 69.0 cm³/mol. The SMILES string of the molecule is CC(CCN)CCC(=O)N1CCC(C(=O)O)C1C. The van der Waals surface area contributed by atoms with E-state index in [9.17, 15) is 9.59 Å². The van der Waals surface area contributed by atoms with E-state index in [4.69, 9.17) is 10.8 Å². The lowest BCUT2D eigenvalue weighted by Gasteiger charge is -2.24. The molecule has 5 nitrogen and oxygen atoms in total. The van der Waals surface area contributed by atoms with E-state index < -0.39 is 11.9 Å². The molecule has 1 fully saturated rings. The van der Waals surface area contributed by atoms with E-state index in [1.807, 2.05) is 6.92 Å². The molecule has 0 saturated carbocycles. The van der Waals surface area contributed by atoms with Crippen LogP contribution in [-0.4, -0.2) is 41.0 Å². The Morgan fingerprint density at radius 1 is 1.44 bits per heavy atom. The van der Waals surface area contributed by atoms with Crippen molar-refractivity contribution in [3.63, 3.8) is 0 Å². The number of likely N-dealkylation sites (tertiary alicyclic amines) is 1. The van der Waals surface area contributed by atoms with Crippen molar-refractivity contribution in [3.05, 3.63) is 0 Å². The average molecular weight is 256 g/mol. The number of aliphatic carboxylic acids is 1. The quantitative estimate of drug-likeness (QED) is 0.744. The second-order valence-corrected chi connectivity index (χ2v) is 5.28. The zero-order valence-corrected chi connectivity index (χ0v) is 11.3. The van der Waals surface area contributed by atoms with E-state index in [1.54, 1.807) is 4.90 Å². The monoisotopic (exact) mass is 256 g/mol. The second kappa shape index (κ2) is 6.73. The van der Waals surface area contributed by atoms with E-state index in [0.29, 0.717) is 31.8 Å². The van der Waals surface area contributed by atoms with Crippen molar-refractivity contribution in [1.82, 2.24) is 4.90 Å². The highest BCUT2D eigenvalue weighted by atomic mass is 16.4. The van der Waals surface area contributed by atoms with Crippen LogP contribution in [0.5, 0.6) is 0 Å². The van der Waals surface area contributed by atoms with Gasteiger partial charge in [0.15, 0.2) is 0 Å². The molecule has 0 radical (unpaired) electrons. The fourth-order valence-electron chi connectivity index (χ4n) is 2.56. The molecule has 1 aliphatic rings. The summed E-state index contributed by atoms with van der Waals surface area (Å²) in [5, 5.41) is 9.02. The Bertz CT molecular complexity index is 307. The van der Waals surface area contributed by atoms with Crippen LogP contribution >= 0.6 is 0 Å². The highest BCUT2D eigenvalue weighted by molar-refractivity contribution is 5.79. The number of rotatable bonds is 6. The molecule has 0 bridgehead atoms. The molecule has 18 heavy (non-hydrogen) atoms. The summed E-state index contributed by atoms with van der Waals surface area (Å²) >= 11 is 0. The molecule has 0 spiro atoms. The molecule has 3 unspecified atom stereocenters. The number of carbonyl (C=O) groups excluding carboxylic acids is 1. The van der Waals surface area contributed by atoms with Gasteiger partial charge in [-0.05, 0) is 38.6 Å². The first-order valence-electron chi connectivity index (χ1n) is 6.69. The average Bonchev–Trinajstić information content (AvgIpc) is 2.68. The van der Waals surface area contributed by atoms with E-state index >= 15 is 0 Å². The molecule has 1 rings (SSSR count). The van der Waals surface area contributed by atoms with Crippen LogP contribution < -0.4 is 5.73 Å². The van der Waals surface area contributed by atoms with Crippen molar-refractivity contribution in [2.75, 3.05) is 13.1 Å². The van der Waals surface area contributed by atoms with Crippen molar-refractivity contribution in [2.45, 2.75) is 45.6 Å². The largest absolute Gasteiger partial charge is 0.481 e. The van der Waals surface area contributed by atoms with Gasteiger partial charge < -0.3 is 15.7 Å². The van der Waals surface area contributed by atoms with Crippen molar-refractivity contribution in [1.29, 1.82) is 0 Å². The third-order valence-electron chi connectivity index (χ3n) is 3.90. The van der Waals surface area contributed by atoms with Crippen LogP contribution in [0, 0.1) is 11.8 Å². The molecule has 1 amide bonds. The zero-order chi connectivity index (χ0) is 13.7. The van der Waals surface area contributed by atoms with E-state index in [-0.39, 0.29) is 11.9 Å². The number of nitrogens with zero attached hydrogens (tertiary/aromatic N) is 1. The molecule has 3 N–H and O–H groups in total. The van der Waals surface area contributed by atoms with Gasteiger partial charge in [-0.25, -0.2) is 0 Å². The van der Waals surface area contributed by atoms with Gasteiger partial charge in [-0.1, -0.05) is 6.92 Å². The number of nitrogens with two attached hydrogens (primary N) is 1. The van der Waals surface area contributed by atoms with Gasteiger partial charge in [-0.15, -0.1) is 0 Å². The summed E-state index contributed by atoms with van der Waals surface area (Å²) in [6.45, 7) is 5.14. The van der Waals surface area contributed by atoms with E-state index in [0.717, 1.165) is 12.8 Å². The molecular weight excluding hydrogens is 232 g/mol. The molecule has 104 valence electrons. The fraction of sp³-hybridized carbons (Fsp3) is 0.846. The maximum Gasteiger partial charge on any atom is 0.308 e. The molecule has 1 saturated heterocycles. The minimum absolute atomic E-state index is 0.0788. The molecule has 0 aliphatic carbocycles. The topological polar surface area (TPSA) is 83.6 Å². The number of hydrogen-bond donors (Lipinski definition) is 2. The first kappa shape index (κ1) is 15.0. The number of carbonyl (C=O) groups is 2. The fourth-order valence-corrected chi connectivity index (χ4v) is 2.56. The summed E-state index contributed by atoms with van der Waals surface area (Å²) in [5.41, 5.74) is 5.47. The van der Waals surface area contributed by atoms with Gasteiger partial charge in [0.05, 0.1) is 5.92 Å². The summed E-state index contributed by atoms with van der Waals surface area (Å²) in [4.78, 5) is 24.7. The van der Waals surface area contributed by atoms with Gasteiger partial charge in [-0.3, -0.25) is 9.59 Å². The maximum absolute atomic E-state index is 12.0. The molecule has 0 aromatic carbocycles. The zero-order valence-electron chi connectivity index (χ0n) is 11.3. The van der Waals surface area contributed by atoms with E-state index in [2.05, 4.69) is 6.92 Å². The summed E-state index contributed by atoms with van der Waals surface area (Å²) in [6.07, 6.45) is 2.83. The number of amides is 1. The molecule has 3 atom stereocenters. The van der Waals surface area contributed by atoms with Crippen LogP contribution in [-0.2, 0) is 9.59 Å². The van der Waals surface area contributed by atoms with E-state index in [1.165, 1.54) is 0 Å². The Labute approximate surface area is 108 Å². The van der Waals surface area contributed by atoms with Gasteiger partial charge in [0.1, 0.15) is 0 Å². The first-order chi connectivity index (χ1) is 8.47. The lowest BCUT2D eigenvalue weighted by Crippen LogP contribution is -2.37. The normalized spacial score (nSPS) is 25.2. The van der Waals surface area contributed by atoms with Crippen molar-refractivity contribution in [3.8, 4) is 0 Å². The minimum atomic E-state index is -0.797. The Balaban J connectivity index is 2.41. The molecule has 1 aliphatic heterocycles. The van der Waals surface area contributed by atoms with Crippen LogP contribution in [0.15, 0.2) is 0 Å². The van der Waals surface area contributed by atoms with Gasteiger partial charge in [0.25, 0.3) is 0 Å². The maximum atomic E-state index is 12.0. The third kappa shape index (κ3) is 3.70. The second-order valence-electron chi connectivity index (χ2n) is 5.28. The Morgan fingerprint density at radius 2 is 2.11 bits per heavy atom. The smallest absolute Gasteiger partial charge is 0.308 e. The Kier molecular flexibility index (Phi) is 5.59. The van der Waals surface area contributed by atoms with Gasteiger partial charge >= 0.3 is 5.97 Å². The van der Waals surface area contributed by atoms with Crippen LogP contribution in [0.25, 0.3) is 0 Å². The predicted octanol–water partition coefficient (Wildman–Crippen LogP) is 1.07. The van der Waals surface area contributed by atoms with Crippen molar-refractivity contribution in [2.24, 2.45) is 17.6 Å². The highest BCUT2D eigenvalue weighted by Crippen LogP contribution is 2.25. The molecule has 5 heteroatoms. The van der Waals surface area contributed by atoms with Crippen LogP contribution in [0.1, 0.15) is 39.5 Å². The van der Waals surface area contributed by atoms with Crippen LogP contribution in [0.3, 0.4) is 0 Å². The summed E-state index contributed by atoms with van der Waals surface area (Å²) in [5.74, 6) is -0.674. The van der Waals surface area contributed by atoms with Crippen LogP contribution in [0.2, 0.25) is 0 Å². The van der Waals surface area contributed by atoms with Gasteiger partial charge in [-0.2, -0.15) is 0 Å². The van der Waals surface area contributed by atoms with Crippen molar-refractivity contribution >= 4 is 11.9 Å². The van der Waals surface area contributed by atoms with Crippen molar-refractivity contribution < 1.29 is 14.7 Å². The third-order valence-corrected chi connectivity index (χ3v) is 3.90. The van der Waals surface area contributed by atoms with Gasteiger partial charge in [0.2, 0.25) is 5.91 Å². The summed E-state index contributed by atoms with van der Waals surface area (Å²) < 4.78 is 0. The molecule has 0 aromatic heterocycles. The summed E-state index contributed by atoms with van der Waals surface area (Å²) in [6, 6.07) is -0.181. The first-order valence-corrected chi connectivity index (χ1v) is 6.69. The van der Waals surface area contributed by atoms with Gasteiger partial charge in [0, 0.05) is 19.0 Å². The highest BCUT2D eigenvalue weighted by Gasteiger charge is 2.37. The Hall–Kier alpha value is -1.10. The lowest BCUT2D eigenvalue weighted by atomic mass is 10.0. The summed E-state index contributed by atoms with van der Waals surface area (Å²) in [7, 11) is 0.